The second kappa shape index (κ2) is 5.33. The van der Waals surface area contributed by atoms with Gasteiger partial charge in [0.2, 0.25) is 0 Å². The molecule has 0 spiro atoms. The molecule has 2 N–H and O–H groups in total. The third-order valence-electron chi connectivity index (χ3n) is 2.34. The van der Waals surface area contributed by atoms with Crippen LogP contribution in [0.25, 0.3) is 11.0 Å². The van der Waals surface area contributed by atoms with Crippen LogP contribution < -0.4 is 5.73 Å². The predicted molar refractivity (Wildman–Crippen MR) is 73.2 cm³/mol. The van der Waals surface area contributed by atoms with Gasteiger partial charge in [-0.15, -0.1) is 11.8 Å². The molecule has 2 aromatic rings. The average Bonchev–Trinajstić information content (AvgIpc) is 2.28. The van der Waals surface area contributed by atoms with Crippen molar-refractivity contribution < 1.29 is 0 Å². The highest BCUT2D eigenvalue weighted by Gasteiger charge is 2.01. The van der Waals surface area contributed by atoms with Gasteiger partial charge in [-0.3, -0.25) is 0 Å². The molecule has 0 atom stereocenters. The minimum Gasteiger partial charge on any atom is -0.384 e. The van der Waals surface area contributed by atoms with E-state index in [9.17, 15) is 0 Å². The molecule has 0 amide bonds. The molecule has 0 aliphatic rings. The molecule has 0 saturated heterocycles. The van der Waals surface area contributed by atoms with Crippen LogP contribution in [-0.4, -0.2) is 41.3 Å². The average molecular weight is 248 g/mol. The largest absolute Gasteiger partial charge is 0.384 e. The van der Waals surface area contributed by atoms with Gasteiger partial charge in [-0.1, -0.05) is 0 Å². The Balaban J connectivity index is 2.13. The van der Waals surface area contributed by atoms with Gasteiger partial charge >= 0.3 is 0 Å². The number of hydrogen-bond acceptors (Lipinski definition) is 5. The summed E-state index contributed by atoms with van der Waals surface area (Å²) in [5.74, 6) is 1.54. The van der Waals surface area contributed by atoms with Crippen LogP contribution in [0, 0.1) is 0 Å². The fourth-order valence-corrected chi connectivity index (χ4v) is 2.39. The van der Waals surface area contributed by atoms with Crippen LogP contribution in [0.3, 0.4) is 0 Å². The van der Waals surface area contributed by atoms with Crippen molar-refractivity contribution in [3.05, 3.63) is 24.3 Å². The van der Waals surface area contributed by atoms with E-state index in [4.69, 9.17) is 5.73 Å². The van der Waals surface area contributed by atoms with Gasteiger partial charge in [0.15, 0.2) is 5.65 Å². The van der Waals surface area contributed by atoms with Gasteiger partial charge in [0, 0.05) is 17.7 Å². The number of hydrogen-bond donors (Lipinski definition) is 1. The summed E-state index contributed by atoms with van der Waals surface area (Å²) >= 11 is 1.74. The van der Waals surface area contributed by atoms with Crippen molar-refractivity contribution in [2.75, 3.05) is 32.1 Å². The first kappa shape index (κ1) is 12.1. The molecule has 0 saturated carbocycles. The Labute approximate surface area is 105 Å². The van der Waals surface area contributed by atoms with Crippen LogP contribution in [0.5, 0.6) is 0 Å². The summed E-state index contributed by atoms with van der Waals surface area (Å²) in [5.41, 5.74) is 6.37. The van der Waals surface area contributed by atoms with E-state index in [1.165, 1.54) is 0 Å². The smallest absolute Gasteiger partial charge is 0.162 e. The highest BCUT2D eigenvalue weighted by atomic mass is 32.2. The maximum atomic E-state index is 5.65. The maximum absolute atomic E-state index is 5.65. The number of anilines is 1. The van der Waals surface area contributed by atoms with Crippen molar-refractivity contribution in [1.29, 1.82) is 0 Å². The molecule has 0 fully saturated rings. The molecule has 0 radical (unpaired) electrons. The molecule has 5 heteroatoms. The lowest BCUT2D eigenvalue weighted by atomic mass is 10.3. The summed E-state index contributed by atoms with van der Waals surface area (Å²) in [6.07, 6.45) is 0. The third kappa shape index (κ3) is 3.31. The van der Waals surface area contributed by atoms with Crippen molar-refractivity contribution in [2.45, 2.75) is 5.03 Å². The minimum absolute atomic E-state index is 0.514. The first-order chi connectivity index (χ1) is 8.15. The number of fused-ring (bicyclic) bond motifs is 1. The Bertz CT molecular complexity index is 513. The molecule has 0 aromatic carbocycles. The summed E-state index contributed by atoms with van der Waals surface area (Å²) in [6.45, 7) is 1.04. The number of rotatable bonds is 4. The number of nitrogen functional groups attached to an aromatic ring is 1. The molecular formula is C12H16N4S. The fraction of sp³-hybridized carbons (Fsp3) is 0.333. The molecule has 4 nitrogen and oxygen atoms in total. The van der Waals surface area contributed by atoms with Crippen LogP contribution in [0.2, 0.25) is 0 Å². The summed E-state index contributed by atoms with van der Waals surface area (Å²) in [7, 11) is 4.13. The van der Waals surface area contributed by atoms with Gasteiger partial charge in [0.05, 0.1) is 5.03 Å². The molecule has 2 aromatic heterocycles. The molecule has 0 bridgehead atoms. The van der Waals surface area contributed by atoms with Crippen molar-refractivity contribution in [2.24, 2.45) is 0 Å². The Kier molecular flexibility index (Phi) is 3.81. The lowest BCUT2D eigenvalue weighted by Gasteiger charge is -2.08. The molecule has 0 aliphatic carbocycles. The zero-order valence-electron chi connectivity index (χ0n) is 10.1. The van der Waals surface area contributed by atoms with Gasteiger partial charge in [-0.25, -0.2) is 9.97 Å². The van der Waals surface area contributed by atoms with Crippen molar-refractivity contribution >= 4 is 28.6 Å². The van der Waals surface area contributed by atoms with Crippen molar-refractivity contribution in [1.82, 2.24) is 14.9 Å². The second-order valence-corrected chi connectivity index (χ2v) is 5.20. The quantitative estimate of drug-likeness (QED) is 0.837. The number of nitrogens with two attached hydrogens (primary N) is 1. The van der Waals surface area contributed by atoms with Gasteiger partial charge in [0.25, 0.3) is 0 Å². The van der Waals surface area contributed by atoms with E-state index in [1.54, 1.807) is 17.8 Å². The molecule has 0 unspecified atom stereocenters. The van der Waals surface area contributed by atoms with E-state index < -0.39 is 0 Å². The summed E-state index contributed by atoms with van der Waals surface area (Å²) in [4.78, 5) is 10.9. The van der Waals surface area contributed by atoms with Crippen LogP contribution in [0.15, 0.2) is 29.3 Å². The standard InChI is InChI=1S/C12H16N4S/c1-16(2)7-8-17-11-6-4-9-3-5-10(13)14-12(9)15-11/h3-6H,7-8H2,1-2H3,(H2,13,14,15). The van der Waals surface area contributed by atoms with Gasteiger partial charge < -0.3 is 10.6 Å². The highest BCUT2D eigenvalue weighted by Crippen LogP contribution is 2.19. The Morgan fingerprint density at radius 2 is 1.94 bits per heavy atom. The minimum atomic E-state index is 0.514. The van der Waals surface area contributed by atoms with Gasteiger partial charge in [-0.05, 0) is 38.4 Å². The molecule has 2 heterocycles. The summed E-state index contributed by atoms with van der Waals surface area (Å²) < 4.78 is 0. The zero-order chi connectivity index (χ0) is 12.3. The number of pyridine rings is 2. The van der Waals surface area contributed by atoms with Crippen LogP contribution in [0.1, 0.15) is 0 Å². The lowest BCUT2D eigenvalue weighted by Crippen LogP contribution is -2.14. The fourth-order valence-electron chi connectivity index (χ4n) is 1.41. The lowest BCUT2D eigenvalue weighted by molar-refractivity contribution is 0.437. The second-order valence-electron chi connectivity index (χ2n) is 4.08. The Morgan fingerprint density at radius 3 is 2.71 bits per heavy atom. The number of thioether (sulfide) groups is 1. The van der Waals surface area contributed by atoms with Crippen molar-refractivity contribution in [3.8, 4) is 0 Å². The van der Waals surface area contributed by atoms with Crippen LogP contribution in [0.4, 0.5) is 5.82 Å². The SMILES string of the molecule is CN(C)CCSc1ccc2ccc(N)nc2n1. The molecule has 17 heavy (non-hydrogen) atoms. The summed E-state index contributed by atoms with van der Waals surface area (Å²) in [6, 6.07) is 7.80. The van der Waals surface area contributed by atoms with E-state index in [0.29, 0.717) is 5.82 Å². The van der Waals surface area contributed by atoms with E-state index >= 15 is 0 Å². The van der Waals surface area contributed by atoms with Crippen molar-refractivity contribution in [3.63, 3.8) is 0 Å². The highest BCUT2D eigenvalue weighted by molar-refractivity contribution is 7.99. The number of nitrogens with zero attached hydrogens (tertiary/aromatic N) is 3. The van der Waals surface area contributed by atoms with E-state index in [-0.39, 0.29) is 0 Å². The third-order valence-corrected chi connectivity index (χ3v) is 3.25. The maximum Gasteiger partial charge on any atom is 0.162 e. The first-order valence-corrected chi connectivity index (χ1v) is 6.44. The Morgan fingerprint density at radius 1 is 1.18 bits per heavy atom. The van der Waals surface area contributed by atoms with E-state index in [0.717, 1.165) is 28.4 Å². The van der Waals surface area contributed by atoms with Gasteiger partial charge in [-0.2, -0.15) is 0 Å². The molecule has 0 aliphatic heterocycles. The topological polar surface area (TPSA) is 55.0 Å². The monoisotopic (exact) mass is 248 g/mol. The Hall–Kier alpha value is -1.33. The zero-order valence-corrected chi connectivity index (χ0v) is 10.9. The van der Waals surface area contributed by atoms with E-state index in [1.807, 2.05) is 18.2 Å². The number of aromatic nitrogens is 2. The van der Waals surface area contributed by atoms with E-state index in [2.05, 4.69) is 29.0 Å². The molecule has 2 rings (SSSR count). The molecule has 90 valence electrons. The van der Waals surface area contributed by atoms with Gasteiger partial charge in [0.1, 0.15) is 5.82 Å². The van der Waals surface area contributed by atoms with Crippen LogP contribution in [-0.2, 0) is 0 Å². The first-order valence-electron chi connectivity index (χ1n) is 5.46. The molecular weight excluding hydrogens is 232 g/mol. The normalized spacial score (nSPS) is 11.2. The summed E-state index contributed by atoms with van der Waals surface area (Å²) in [5, 5.41) is 2.02. The van der Waals surface area contributed by atoms with Crippen LogP contribution >= 0.6 is 11.8 Å². The predicted octanol–water partition coefficient (Wildman–Crippen LogP) is 1.87.